The Morgan fingerprint density at radius 1 is 1.23 bits per heavy atom. The maximum Gasteiger partial charge on any atom is 0.244 e. The Balaban J connectivity index is 0.000000653. The Hall–Kier alpha value is 0.110. The number of hydrogen-bond donors (Lipinski definition) is 1. The Kier molecular flexibility index (Phi) is 2.08. The fraction of sp³-hybridized carbons (Fsp3) is 1.00. The van der Waals surface area contributed by atoms with Crippen LogP contribution in [-0.2, 0) is 0 Å². The molecule has 4 heteroatoms. The first-order valence-electron chi connectivity index (χ1n) is 4.76. The minimum Gasteiger partial charge on any atom is -0.311 e. The highest BCUT2D eigenvalue weighted by molar-refractivity contribution is 5.85. The molecule has 1 nitrogen and oxygen atoms in total. The number of halogens is 3. The molecular weight excluding hydrogens is 196 g/mol. The third kappa shape index (κ3) is 1.13. The SMILES string of the molecule is Cl.FC(F)[C@@]12C[C@H]3CC[C@H](N3)[C@@H]1C2. The molecule has 0 radical (unpaired) electrons. The van der Waals surface area contributed by atoms with Gasteiger partial charge < -0.3 is 5.32 Å². The molecule has 2 saturated heterocycles. The van der Waals surface area contributed by atoms with Gasteiger partial charge in [-0.25, -0.2) is 8.78 Å². The van der Waals surface area contributed by atoms with E-state index in [-0.39, 0.29) is 12.4 Å². The molecule has 0 unspecified atom stereocenters. The van der Waals surface area contributed by atoms with Gasteiger partial charge in [0, 0.05) is 17.5 Å². The summed E-state index contributed by atoms with van der Waals surface area (Å²) in [6.45, 7) is 0. The summed E-state index contributed by atoms with van der Waals surface area (Å²) in [6, 6.07) is 0.834. The zero-order valence-electron chi connectivity index (χ0n) is 7.30. The van der Waals surface area contributed by atoms with E-state index in [0.29, 0.717) is 18.0 Å². The second kappa shape index (κ2) is 2.80. The predicted molar refractivity (Wildman–Crippen MR) is 48.4 cm³/mol. The minimum atomic E-state index is -2.08. The summed E-state index contributed by atoms with van der Waals surface area (Å²) in [5.41, 5.74) is -0.545. The first-order valence-corrected chi connectivity index (χ1v) is 4.76. The summed E-state index contributed by atoms with van der Waals surface area (Å²) in [5.74, 6) is 0.302. The molecule has 13 heavy (non-hydrogen) atoms. The number of fused-ring (bicyclic) bond motifs is 4. The monoisotopic (exact) mass is 209 g/mol. The van der Waals surface area contributed by atoms with Crippen LogP contribution in [0, 0.1) is 11.3 Å². The van der Waals surface area contributed by atoms with Crippen LogP contribution in [0.4, 0.5) is 8.78 Å². The van der Waals surface area contributed by atoms with Crippen LogP contribution < -0.4 is 5.32 Å². The van der Waals surface area contributed by atoms with Crippen LogP contribution in [0.1, 0.15) is 25.7 Å². The fourth-order valence-electron chi connectivity index (χ4n) is 3.26. The van der Waals surface area contributed by atoms with Crippen molar-refractivity contribution in [3.8, 4) is 0 Å². The number of nitrogens with one attached hydrogen (secondary N) is 1. The molecule has 1 aliphatic carbocycles. The Morgan fingerprint density at radius 3 is 2.69 bits per heavy atom. The van der Waals surface area contributed by atoms with Gasteiger partial charge in [0.1, 0.15) is 0 Å². The lowest BCUT2D eigenvalue weighted by Gasteiger charge is -2.27. The smallest absolute Gasteiger partial charge is 0.244 e. The highest BCUT2D eigenvalue weighted by Crippen LogP contribution is 2.65. The van der Waals surface area contributed by atoms with E-state index < -0.39 is 11.8 Å². The molecule has 1 saturated carbocycles. The van der Waals surface area contributed by atoms with E-state index in [4.69, 9.17) is 0 Å². The molecule has 0 amide bonds. The minimum absolute atomic E-state index is 0. The first kappa shape index (κ1) is 9.66. The summed E-state index contributed by atoms with van der Waals surface area (Å²) < 4.78 is 25.4. The van der Waals surface area contributed by atoms with Crippen LogP contribution in [0.2, 0.25) is 0 Å². The molecule has 0 aromatic carbocycles. The maximum absolute atomic E-state index is 12.7. The summed E-state index contributed by atoms with van der Waals surface area (Å²) in [7, 11) is 0. The van der Waals surface area contributed by atoms with Crippen molar-refractivity contribution in [3.63, 3.8) is 0 Å². The third-order valence-electron chi connectivity index (χ3n) is 4.00. The number of rotatable bonds is 1. The van der Waals surface area contributed by atoms with Gasteiger partial charge in [-0.3, -0.25) is 0 Å². The van der Waals surface area contributed by atoms with Crippen molar-refractivity contribution in [2.75, 3.05) is 0 Å². The van der Waals surface area contributed by atoms with Gasteiger partial charge >= 0.3 is 0 Å². The van der Waals surface area contributed by atoms with E-state index >= 15 is 0 Å². The van der Waals surface area contributed by atoms with Gasteiger partial charge in [0.05, 0.1) is 0 Å². The molecule has 4 atom stereocenters. The molecule has 1 N–H and O–H groups in total. The van der Waals surface area contributed by atoms with Crippen molar-refractivity contribution in [1.29, 1.82) is 0 Å². The van der Waals surface area contributed by atoms with Crippen LogP contribution in [-0.4, -0.2) is 18.5 Å². The lowest BCUT2D eigenvalue weighted by Crippen LogP contribution is -2.41. The van der Waals surface area contributed by atoms with Gasteiger partial charge in [-0.15, -0.1) is 12.4 Å². The van der Waals surface area contributed by atoms with E-state index in [1.807, 2.05) is 0 Å². The van der Waals surface area contributed by atoms with Crippen molar-refractivity contribution in [1.82, 2.24) is 5.32 Å². The fourth-order valence-corrected chi connectivity index (χ4v) is 3.26. The third-order valence-corrected chi connectivity index (χ3v) is 4.00. The van der Waals surface area contributed by atoms with Gasteiger partial charge in [-0.1, -0.05) is 0 Å². The Labute approximate surface area is 82.7 Å². The topological polar surface area (TPSA) is 12.0 Å². The molecule has 2 aliphatic heterocycles. The van der Waals surface area contributed by atoms with Crippen molar-refractivity contribution in [3.05, 3.63) is 0 Å². The molecule has 3 aliphatic rings. The van der Waals surface area contributed by atoms with Gasteiger partial charge in [0.2, 0.25) is 6.43 Å². The highest BCUT2D eigenvalue weighted by Gasteiger charge is 2.67. The van der Waals surface area contributed by atoms with E-state index in [1.165, 1.54) is 0 Å². The van der Waals surface area contributed by atoms with E-state index in [0.717, 1.165) is 25.7 Å². The standard InChI is InChI=1S/C9H13F2N.ClH/c10-8(11)9-3-5-1-2-7(12-5)6(9)4-9;/h5-8,12H,1-4H2;1H/t5-,6+,7+,9-;/m1./s1. The average Bonchev–Trinajstić information content (AvgIpc) is 2.63. The van der Waals surface area contributed by atoms with Crippen molar-refractivity contribution >= 4 is 12.4 Å². The van der Waals surface area contributed by atoms with Gasteiger partial charge in [-0.2, -0.15) is 0 Å². The number of piperidine rings is 1. The zero-order valence-corrected chi connectivity index (χ0v) is 8.12. The van der Waals surface area contributed by atoms with E-state index in [2.05, 4.69) is 5.32 Å². The zero-order chi connectivity index (χ0) is 8.34. The molecule has 3 fully saturated rings. The highest BCUT2D eigenvalue weighted by atomic mass is 35.5. The largest absolute Gasteiger partial charge is 0.311 e. The van der Waals surface area contributed by atoms with Gasteiger partial charge in [0.25, 0.3) is 0 Å². The average molecular weight is 210 g/mol. The lowest BCUT2D eigenvalue weighted by molar-refractivity contribution is 0.0298. The van der Waals surface area contributed by atoms with Gasteiger partial charge in [-0.05, 0) is 31.6 Å². The van der Waals surface area contributed by atoms with Crippen molar-refractivity contribution < 1.29 is 8.78 Å². The second-order valence-corrected chi connectivity index (χ2v) is 4.60. The first-order chi connectivity index (χ1) is 5.72. The van der Waals surface area contributed by atoms with Crippen molar-refractivity contribution in [2.24, 2.45) is 11.3 Å². The van der Waals surface area contributed by atoms with Crippen molar-refractivity contribution in [2.45, 2.75) is 44.2 Å². The van der Waals surface area contributed by atoms with Crippen LogP contribution in [0.25, 0.3) is 0 Å². The maximum atomic E-state index is 12.7. The molecule has 2 bridgehead atoms. The Morgan fingerprint density at radius 2 is 2.00 bits per heavy atom. The second-order valence-electron chi connectivity index (χ2n) is 4.60. The van der Waals surface area contributed by atoms with E-state index in [1.54, 1.807) is 0 Å². The molecule has 3 rings (SSSR count). The normalized spacial score (nSPS) is 51.5. The quantitative estimate of drug-likeness (QED) is 0.698. The van der Waals surface area contributed by atoms with Crippen LogP contribution in [0.15, 0.2) is 0 Å². The van der Waals surface area contributed by atoms with Gasteiger partial charge in [0.15, 0.2) is 0 Å². The van der Waals surface area contributed by atoms with Crippen LogP contribution in [0.3, 0.4) is 0 Å². The molecule has 0 aromatic heterocycles. The van der Waals surface area contributed by atoms with Crippen LogP contribution >= 0.6 is 12.4 Å². The molecule has 0 spiro atoms. The van der Waals surface area contributed by atoms with Crippen LogP contribution in [0.5, 0.6) is 0 Å². The molecule has 2 heterocycles. The lowest BCUT2D eigenvalue weighted by atomic mass is 9.92. The molecular formula is C9H14ClF2N. The van der Waals surface area contributed by atoms with E-state index in [9.17, 15) is 8.78 Å². The summed E-state index contributed by atoms with van der Waals surface area (Å²) in [6.07, 6.45) is 1.68. The number of hydrogen-bond acceptors (Lipinski definition) is 1. The Bertz CT molecular complexity index is 224. The summed E-state index contributed by atoms with van der Waals surface area (Å²) in [5, 5.41) is 3.43. The number of alkyl halides is 2. The summed E-state index contributed by atoms with van der Waals surface area (Å²) >= 11 is 0. The predicted octanol–water partition coefficient (Wildman–Crippen LogP) is 2.20. The summed E-state index contributed by atoms with van der Waals surface area (Å²) in [4.78, 5) is 0. The molecule has 0 aromatic rings. The molecule has 76 valence electrons.